The Morgan fingerprint density at radius 2 is 2.12 bits per heavy atom. The number of nitrogen functional groups attached to an aromatic ring is 1. The van der Waals surface area contributed by atoms with E-state index in [0.717, 1.165) is 27.0 Å². The van der Waals surface area contributed by atoms with Crippen LogP contribution in [0.1, 0.15) is 20.8 Å². The molecule has 4 heterocycles. The highest BCUT2D eigenvalue weighted by molar-refractivity contribution is 7.19. The van der Waals surface area contributed by atoms with Gasteiger partial charge in [0.15, 0.2) is 0 Å². The van der Waals surface area contributed by atoms with E-state index in [1.165, 1.54) is 11.9 Å². The van der Waals surface area contributed by atoms with Crippen LogP contribution in [0.15, 0.2) is 24.5 Å². The monoisotopic (exact) mass is 351 g/mol. The minimum atomic E-state index is -0.00735. The van der Waals surface area contributed by atoms with Crippen molar-refractivity contribution < 1.29 is 4.79 Å². The molecule has 0 atom stereocenters. The van der Waals surface area contributed by atoms with Crippen LogP contribution in [-0.4, -0.2) is 42.7 Å². The molecule has 0 saturated carbocycles. The average Bonchev–Trinajstić information content (AvgIpc) is 3.24. The lowest BCUT2D eigenvalue weighted by atomic mass is 10.0. The molecule has 0 fully saturated rings. The molecule has 9 heteroatoms. The molecule has 5 rings (SSSR count). The second kappa shape index (κ2) is 5.21. The van der Waals surface area contributed by atoms with E-state index in [0.29, 0.717) is 30.0 Å². The lowest BCUT2D eigenvalue weighted by Gasteiger charge is -2.27. The Morgan fingerprint density at radius 1 is 1.24 bits per heavy atom. The van der Waals surface area contributed by atoms with E-state index in [9.17, 15) is 4.79 Å². The fourth-order valence-electron chi connectivity index (χ4n) is 3.28. The van der Waals surface area contributed by atoms with Gasteiger partial charge < -0.3 is 10.6 Å². The maximum Gasteiger partial charge on any atom is 0.254 e. The topological polar surface area (TPSA) is 114 Å². The summed E-state index contributed by atoms with van der Waals surface area (Å²) in [6, 6.07) is 5.36. The molecule has 0 bridgehead atoms. The van der Waals surface area contributed by atoms with E-state index in [-0.39, 0.29) is 5.91 Å². The Kier molecular flexibility index (Phi) is 2.98. The zero-order valence-electron chi connectivity index (χ0n) is 13.1. The number of carbonyl (C=O) groups excluding carboxylic acids is 1. The molecule has 0 aliphatic carbocycles. The van der Waals surface area contributed by atoms with Gasteiger partial charge in [0.2, 0.25) is 0 Å². The summed E-state index contributed by atoms with van der Waals surface area (Å²) < 4.78 is 0. The molecular weight excluding hydrogens is 338 g/mol. The molecule has 1 aromatic carbocycles. The Labute approximate surface area is 145 Å². The van der Waals surface area contributed by atoms with Gasteiger partial charge in [-0.2, -0.15) is 15.4 Å². The van der Waals surface area contributed by atoms with E-state index in [1.807, 2.05) is 4.90 Å². The Balaban J connectivity index is 1.49. The number of hydrogen-bond acceptors (Lipinski definition) is 7. The van der Waals surface area contributed by atoms with Gasteiger partial charge in [0.25, 0.3) is 5.91 Å². The molecule has 124 valence electrons. The van der Waals surface area contributed by atoms with Gasteiger partial charge in [0.1, 0.15) is 28.0 Å². The molecular formula is C16H13N7OS. The van der Waals surface area contributed by atoms with Crippen LogP contribution in [-0.2, 0) is 13.0 Å². The number of fused-ring (bicyclic) bond motifs is 4. The van der Waals surface area contributed by atoms with Crippen LogP contribution in [0, 0.1) is 0 Å². The lowest BCUT2D eigenvalue weighted by Crippen LogP contribution is -2.35. The first-order valence-corrected chi connectivity index (χ1v) is 8.63. The Morgan fingerprint density at radius 3 is 3.04 bits per heavy atom. The number of carbonyl (C=O) groups is 1. The predicted octanol–water partition coefficient (Wildman–Crippen LogP) is 1.74. The van der Waals surface area contributed by atoms with Crippen molar-refractivity contribution in [2.24, 2.45) is 0 Å². The SMILES string of the molecule is Nc1ncnc2sc3c(c12)CCN(C(=O)c1ccc2n[nH]nc2c1)C3. The molecule has 1 amide bonds. The van der Waals surface area contributed by atoms with E-state index < -0.39 is 0 Å². The number of anilines is 1. The number of H-pyrrole nitrogens is 1. The molecule has 3 N–H and O–H groups in total. The van der Waals surface area contributed by atoms with Crippen molar-refractivity contribution in [1.82, 2.24) is 30.3 Å². The number of thiophene rings is 1. The van der Waals surface area contributed by atoms with Crippen LogP contribution in [0.25, 0.3) is 21.3 Å². The summed E-state index contributed by atoms with van der Waals surface area (Å²) in [7, 11) is 0. The largest absolute Gasteiger partial charge is 0.383 e. The summed E-state index contributed by atoms with van der Waals surface area (Å²) in [5.74, 6) is 0.505. The normalized spacial score (nSPS) is 14.2. The number of aromatic nitrogens is 5. The van der Waals surface area contributed by atoms with E-state index in [1.54, 1.807) is 29.5 Å². The number of nitrogens with zero attached hydrogens (tertiary/aromatic N) is 5. The summed E-state index contributed by atoms with van der Waals surface area (Å²) in [4.78, 5) is 25.1. The molecule has 4 aromatic rings. The number of benzene rings is 1. The molecule has 1 aliphatic rings. The highest BCUT2D eigenvalue weighted by Gasteiger charge is 2.26. The standard InChI is InChI=1S/C16H13N7OS/c17-14-13-9-3-4-23(6-12(9)25-15(13)19-7-18-14)16(24)8-1-2-10-11(5-8)21-22-20-10/h1-2,5,7H,3-4,6H2,(H2,17,18,19)(H,20,21,22). The number of nitrogens with two attached hydrogens (primary N) is 1. The van der Waals surface area contributed by atoms with Crippen molar-refractivity contribution in [3.63, 3.8) is 0 Å². The Hall–Kier alpha value is -3.07. The van der Waals surface area contributed by atoms with Gasteiger partial charge in [-0.05, 0) is 30.2 Å². The van der Waals surface area contributed by atoms with Gasteiger partial charge in [-0.1, -0.05) is 0 Å². The van der Waals surface area contributed by atoms with Gasteiger partial charge in [0.05, 0.1) is 11.9 Å². The first-order valence-electron chi connectivity index (χ1n) is 7.81. The van der Waals surface area contributed by atoms with Gasteiger partial charge in [-0.15, -0.1) is 11.3 Å². The zero-order valence-corrected chi connectivity index (χ0v) is 13.9. The smallest absolute Gasteiger partial charge is 0.254 e. The van der Waals surface area contributed by atoms with Crippen molar-refractivity contribution >= 4 is 44.3 Å². The fourth-order valence-corrected chi connectivity index (χ4v) is 4.49. The molecule has 0 unspecified atom stereocenters. The molecule has 0 radical (unpaired) electrons. The van der Waals surface area contributed by atoms with Crippen molar-refractivity contribution in [2.75, 3.05) is 12.3 Å². The minimum Gasteiger partial charge on any atom is -0.383 e. The fraction of sp³-hybridized carbons (Fsp3) is 0.188. The first-order chi connectivity index (χ1) is 12.2. The van der Waals surface area contributed by atoms with Gasteiger partial charge in [-0.25, -0.2) is 9.97 Å². The summed E-state index contributed by atoms with van der Waals surface area (Å²) in [6.45, 7) is 1.20. The van der Waals surface area contributed by atoms with Crippen LogP contribution >= 0.6 is 11.3 Å². The number of aromatic amines is 1. The third-order valence-corrected chi connectivity index (χ3v) is 5.64. The third kappa shape index (κ3) is 2.16. The molecule has 0 saturated heterocycles. The summed E-state index contributed by atoms with van der Waals surface area (Å²) in [6.07, 6.45) is 2.24. The maximum atomic E-state index is 12.9. The van der Waals surface area contributed by atoms with E-state index >= 15 is 0 Å². The maximum absolute atomic E-state index is 12.9. The predicted molar refractivity (Wildman–Crippen MR) is 94.2 cm³/mol. The van der Waals surface area contributed by atoms with Crippen LogP contribution in [0.4, 0.5) is 5.82 Å². The van der Waals surface area contributed by atoms with Crippen LogP contribution in [0.3, 0.4) is 0 Å². The molecule has 0 spiro atoms. The van der Waals surface area contributed by atoms with Crippen LogP contribution in [0.5, 0.6) is 0 Å². The second-order valence-electron chi connectivity index (χ2n) is 5.95. The number of nitrogens with one attached hydrogen (secondary N) is 1. The zero-order chi connectivity index (χ0) is 17.0. The van der Waals surface area contributed by atoms with Crippen molar-refractivity contribution in [1.29, 1.82) is 0 Å². The molecule has 1 aliphatic heterocycles. The van der Waals surface area contributed by atoms with Crippen molar-refractivity contribution in [2.45, 2.75) is 13.0 Å². The van der Waals surface area contributed by atoms with Crippen LogP contribution < -0.4 is 5.73 Å². The lowest BCUT2D eigenvalue weighted by molar-refractivity contribution is 0.0737. The number of hydrogen-bond donors (Lipinski definition) is 2. The van der Waals surface area contributed by atoms with Crippen LogP contribution in [0.2, 0.25) is 0 Å². The first kappa shape index (κ1) is 14.3. The van der Waals surface area contributed by atoms with Gasteiger partial charge in [-0.3, -0.25) is 4.79 Å². The van der Waals surface area contributed by atoms with E-state index in [2.05, 4.69) is 25.4 Å². The highest BCUT2D eigenvalue weighted by Crippen LogP contribution is 2.36. The highest BCUT2D eigenvalue weighted by atomic mass is 32.1. The minimum absolute atomic E-state index is 0.00735. The van der Waals surface area contributed by atoms with Crippen molar-refractivity contribution in [3.05, 3.63) is 40.5 Å². The molecule has 25 heavy (non-hydrogen) atoms. The van der Waals surface area contributed by atoms with Crippen molar-refractivity contribution in [3.8, 4) is 0 Å². The summed E-state index contributed by atoms with van der Waals surface area (Å²) in [5, 5.41) is 11.6. The number of rotatable bonds is 1. The number of amides is 1. The van der Waals surface area contributed by atoms with E-state index in [4.69, 9.17) is 5.73 Å². The summed E-state index contributed by atoms with van der Waals surface area (Å²) in [5.41, 5.74) is 9.24. The quantitative estimate of drug-likeness (QED) is 0.540. The molecule has 8 nitrogen and oxygen atoms in total. The Bertz CT molecular complexity index is 1130. The average molecular weight is 351 g/mol. The second-order valence-corrected chi connectivity index (χ2v) is 7.03. The third-order valence-electron chi connectivity index (χ3n) is 4.52. The summed E-state index contributed by atoms with van der Waals surface area (Å²) >= 11 is 1.58. The van der Waals surface area contributed by atoms with Gasteiger partial charge >= 0.3 is 0 Å². The molecule has 3 aromatic heterocycles. The van der Waals surface area contributed by atoms with Gasteiger partial charge in [0, 0.05) is 17.0 Å².